The lowest BCUT2D eigenvalue weighted by molar-refractivity contribution is -0.124. The average molecular weight is 438 g/mol. The lowest BCUT2D eigenvalue weighted by atomic mass is 10.1. The van der Waals surface area contributed by atoms with Gasteiger partial charge in [-0.25, -0.2) is 4.98 Å². The Labute approximate surface area is 185 Å². The fraction of sp³-hybridized carbons (Fsp3) is 0.348. The number of para-hydroxylation sites is 2. The van der Waals surface area contributed by atoms with E-state index in [1.807, 2.05) is 28.8 Å². The number of methoxy groups -OCH3 is 3. The summed E-state index contributed by atoms with van der Waals surface area (Å²) >= 11 is 0. The summed E-state index contributed by atoms with van der Waals surface area (Å²) in [5.74, 6) is 1.21. The zero-order valence-corrected chi connectivity index (χ0v) is 18.3. The van der Waals surface area contributed by atoms with E-state index >= 15 is 0 Å². The Morgan fingerprint density at radius 2 is 1.94 bits per heavy atom. The molecule has 2 aromatic carbocycles. The summed E-state index contributed by atoms with van der Waals surface area (Å²) in [6, 6.07) is 12.1. The molecule has 0 saturated heterocycles. The van der Waals surface area contributed by atoms with Gasteiger partial charge in [0, 0.05) is 26.3 Å². The Morgan fingerprint density at radius 1 is 1.12 bits per heavy atom. The third-order valence-electron chi connectivity index (χ3n) is 5.47. The lowest BCUT2D eigenvalue weighted by Crippen LogP contribution is -2.32. The highest BCUT2D eigenvalue weighted by molar-refractivity contribution is 6.05. The van der Waals surface area contributed by atoms with Crippen LogP contribution in [0.2, 0.25) is 0 Å². The van der Waals surface area contributed by atoms with Crippen LogP contribution in [0.25, 0.3) is 11.0 Å². The van der Waals surface area contributed by atoms with Gasteiger partial charge in [0.25, 0.3) is 5.91 Å². The Bertz CT molecular complexity index is 1140. The van der Waals surface area contributed by atoms with E-state index in [9.17, 15) is 9.59 Å². The molecular formula is C23H26N4O5. The molecule has 9 heteroatoms. The molecule has 0 aliphatic carbocycles. The number of rotatable bonds is 9. The van der Waals surface area contributed by atoms with E-state index in [2.05, 4.69) is 10.3 Å². The number of anilines is 2. The van der Waals surface area contributed by atoms with Crippen molar-refractivity contribution < 1.29 is 23.8 Å². The van der Waals surface area contributed by atoms with Crippen LogP contribution in [0.3, 0.4) is 0 Å². The highest BCUT2D eigenvalue weighted by Crippen LogP contribution is 2.37. The molecule has 0 radical (unpaired) electrons. The van der Waals surface area contributed by atoms with Gasteiger partial charge in [-0.15, -0.1) is 0 Å². The first-order valence-corrected chi connectivity index (χ1v) is 10.4. The van der Waals surface area contributed by atoms with E-state index < -0.39 is 6.04 Å². The molecule has 9 nitrogen and oxygen atoms in total. The van der Waals surface area contributed by atoms with Crippen LogP contribution in [0, 0.1) is 0 Å². The number of nitrogens with one attached hydrogen (secondary N) is 1. The molecule has 1 aliphatic heterocycles. The van der Waals surface area contributed by atoms with Gasteiger partial charge in [-0.1, -0.05) is 12.1 Å². The molecule has 1 aromatic heterocycles. The van der Waals surface area contributed by atoms with Crippen molar-refractivity contribution in [3.05, 3.63) is 42.5 Å². The van der Waals surface area contributed by atoms with Crippen LogP contribution in [0.1, 0.15) is 18.9 Å². The predicted molar refractivity (Wildman–Crippen MR) is 120 cm³/mol. The number of hydrogen-bond acceptors (Lipinski definition) is 6. The fourth-order valence-corrected chi connectivity index (χ4v) is 3.95. The lowest BCUT2D eigenvalue weighted by Gasteiger charge is -2.16. The number of fused-ring (bicyclic) bond motifs is 3. The van der Waals surface area contributed by atoms with Crippen molar-refractivity contribution in [2.75, 3.05) is 44.7 Å². The second-order valence-corrected chi connectivity index (χ2v) is 7.44. The molecule has 0 bridgehead atoms. The van der Waals surface area contributed by atoms with Crippen molar-refractivity contribution in [1.82, 2.24) is 9.55 Å². The number of nitrogens with zero attached hydrogens (tertiary/aromatic N) is 3. The summed E-state index contributed by atoms with van der Waals surface area (Å²) in [7, 11) is 4.71. The molecular weight excluding hydrogens is 412 g/mol. The summed E-state index contributed by atoms with van der Waals surface area (Å²) < 4.78 is 17.5. The Hall–Kier alpha value is -3.59. The van der Waals surface area contributed by atoms with Crippen molar-refractivity contribution in [1.29, 1.82) is 0 Å². The molecule has 3 aromatic rings. The number of hydrogen-bond donors (Lipinski definition) is 1. The number of aromatic nitrogens is 2. The van der Waals surface area contributed by atoms with Gasteiger partial charge in [0.05, 0.1) is 37.4 Å². The van der Waals surface area contributed by atoms with Gasteiger partial charge in [0.1, 0.15) is 17.5 Å². The van der Waals surface area contributed by atoms with Crippen LogP contribution in [0.5, 0.6) is 11.5 Å². The SMILES string of the molecule is COCCCN1C(=O)[C@H](CC(=O)Nc2ccc(OC)cc2OC)n2c1nc1ccccc12. The van der Waals surface area contributed by atoms with Gasteiger partial charge in [-0.3, -0.25) is 19.1 Å². The van der Waals surface area contributed by atoms with Crippen molar-refractivity contribution in [3.63, 3.8) is 0 Å². The van der Waals surface area contributed by atoms with E-state index in [0.717, 1.165) is 11.0 Å². The highest BCUT2D eigenvalue weighted by Gasteiger charge is 2.40. The minimum atomic E-state index is -0.677. The maximum atomic E-state index is 13.3. The normalized spacial score (nSPS) is 15.2. The summed E-state index contributed by atoms with van der Waals surface area (Å²) in [5, 5.41) is 2.85. The molecule has 168 valence electrons. The van der Waals surface area contributed by atoms with E-state index in [0.29, 0.717) is 42.7 Å². The van der Waals surface area contributed by atoms with Crippen molar-refractivity contribution in [2.24, 2.45) is 0 Å². The third-order valence-corrected chi connectivity index (χ3v) is 5.47. The second-order valence-electron chi connectivity index (χ2n) is 7.44. The molecule has 1 aliphatic rings. The third kappa shape index (κ3) is 3.99. The molecule has 0 saturated carbocycles. The van der Waals surface area contributed by atoms with Gasteiger partial charge in [-0.2, -0.15) is 0 Å². The maximum absolute atomic E-state index is 13.3. The van der Waals surface area contributed by atoms with Crippen LogP contribution in [0.15, 0.2) is 42.5 Å². The largest absolute Gasteiger partial charge is 0.497 e. The minimum absolute atomic E-state index is 0.0256. The molecule has 2 amide bonds. The monoisotopic (exact) mass is 438 g/mol. The van der Waals surface area contributed by atoms with Crippen LogP contribution in [0.4, 0.5) is 11.6 Å². The fourth-order valence-electron chi connectivity index (χ4n) is 3.95. The summed E-state index contributed by atoms with van der Waals surface area (Å²) in [5.41, 5.74) is 2.12. The molecule has 0 spiro atoms. The number of amides is 2. The number of benzene rings is 2. The minimum Gasteiger partial charge on any atom is -0.497 e. The van der Waals surface area contributed by atoms with E-state index in [1.54, 1.807) is 37.3 Å². The van der Waals surface area contributed by atoms with Crippen molar-refractivity contribution in [2.45, 2.75) is 18.9 Å². The van der Waals surface area contributed by atoms with Crippen molar-refractivity contribution >= 4 is 34.5 Å². The Kier molecular flexibility index (Phi) is 6.27. The van der Waals surface area contributed by atoms with Gasteiger partial charge in [0.15, 0.2) is 0 Å². The standard InChI is InChI=1S/C23H26N4O5/c1-30-12-6-11-26-22(29)19(27-18-8-5-4-7-16(18)25-23(26)27)14-21(28)24-17-10-9-15(31-2)13-20(17)32-3/h4-5,7-10,13,19H,6,11-12,14H2,1-3H3,(H,24,28)/t19-/m0/s1. The highest BCUT2D eigenvalue weighted by atomic mass is 16.5. The average Bonchev–Trinajstić information content (AvgIpc) is 3.29. The summed E-state index contributed by atoms with van der Waals surface area (Å²) in [6.45, 7) is 1.01. The first kappa shape index (κ1) is 21.6. The van der Waals surface area contributed by atoms with Crippen molar-refractivity contribution in [3.8, 4) is 11.5 Å². The number of ether oxygens (including phenoxy) is 3. The topological polar surface area (TPSA) is 94.9 Å². The van der Waals surface area contributed by atoms with Crippen LogP contribution in [-0.2, 0) is 14.3 Å². The molecule has 0 fully saturated rings. The number of carbonyl (C=O) groups excluding carboxylic acids is 2. The molecule has 1 atom stereocenters. The molecule has 1 N–H and O–H groups in total. The van der Waals surface area contributed by atoms with Gasteiger partial charge >= 0.3 is 0 Å². The zero-order chi connectivity index (χ0) is 22.7. The van der Waals surface area contributed by atoms with Gasteiger partial charge in [0.2, 0.25) is 11.9 Å². The van der Waals surface area contributed by atoms with Gasteiger partial charge in [-0.05, 0) is 30.7 Å². The smallest absolute Gasteiger partial charge is 0.253 e. The maximum Gasteiger partial charge on any atom is 0.253 e. The van der Waals surface area contributed by atoms with E-state index in [1.165, 1.54) is 7.11 Å². The first-order valence-electron chi connectivity index (χ1n) is 10.4. The molecule has 4 rings (SSSR count). The Morgan fingerprint density at radius 3 is 2.69 bits per heavy atom. The first-order chi connectivity index (χ1) is 15.6. The van der Waals surface area contributed by atoms with E-state index in [-0.39, 0.29) is 18.2 Å². The summed E-state index contributed by atoms with van der Waals surface area (Å²) in [4.78, 5) is 32.5. The Balaban J connectivity index is 1.59. The van der Waals surface area contributed by atoms with Crippen LogP contribution >= 0.6 is 0 Å². The molecule has 0 unspecified atom stereocenters. The molecule has 32 heavy (non-hydrogen) atoms. The van der Waals surface area contributed by atoms with Crippen LogP contribution < -0.4 is 19.7 Å². The van der Waals surface area contributed by atoms with Gasteiger partial charge < -0.3 is 19.5 Å². The zero-order valence-electron chi connectivity index (χ0n) is 18.3. The predicted octanol–water partition coefficient (Wildman–Crippen LogP) is 3.01. The van der Waals surface area contributed by atoms with E-state index in [4.69, 9.17) is 14.2 Å². The molecule has 2 heterocycles. The number of imidazole rings is 1. The number of carbonyl (C=O) groups is 2. The second kappa shape index (κ2) is 9.27. The van der Waals surface area contributed by atoms with Crippen LogP contribution in [-0.4, -0.2) is 55.8 Å². The summed E-state index contributed by atoms with van der Waals surface area (Å²) in [6.07, 6.45) is 0.648. The quantitative estimate of drug-likeness (QED) is 0.516.